The van der Waals surface area contributed by atoms with Crippen LogP contribution in [-0.4, -0.2) is 0 Å². The van der Waals surface area contributed by atoms with Crippen molar-refractivity contribution < 1.29 is 0 Å². The van der Waals surface area contributed by atoms with Gasteiger partial charge < -0.3 is 0 Å². The summed E-state index contributed by atoms with van der Waals surface area (Å²) < 4.78 is 1.10. The minimum absolute atomic E-state index is 0.0597. The summed E-state index contributed by atoms with van der Waals surface area (Å²) in [6.07, 6.45) is 0. The standard InChI is InChI=1S/C13H12BrClS/c1-8-4-3-5-9(2)11(8)12(15)13-10(14)6-7-16-13/h3-7,12H,1-2H3. The van der Waals surface area contributed by atoms with Gasteiger partial charge in [-0.2, -0.15) is 0 Å². The number of thiophene rings is 1. The zero-order valence-electron chi connectivity index (χ0n) is 9.13. The smallest absolute Gasteiger partial charge is 0.0944 e. The quantitative estimate of drug-likeness (QED) is 0.646. The van der Waals surface area contributed by atoms with Gasteiger partial charge in [-0.1, -0.05) is 18.2 Å². The lowest BCUT2D eigenvalue weighted by Gasteiger charge is -2.15. The van der Waals surface area contributed by atoms with Crippen molar-refractivity contribution in [3.63, 3.8) is 0 Å². The Morgan fingerprint density at radius 1 is 1.19 bits per heavy atom. The van der Waals surface area contributed by atoms with Gasteiger partial charge in [0.05, 0.1) is 5.38 Å². The average molecular weight is 316 g/mol. The minimum atomic E-state index is -0.0597. The van der Waals surface area contributed by atoms with Crippen molar-refractivity contribution in [2.24, 2.45) is 0 Å². The minimum Gasteiger partial charge on any atom is -0.146 e. The molecule has 0 saturated carbocycles. The van der Waals surface area contributed by atoms with Gasteiger partial charge in [-0.25, -0.2) is 0 Å². The molecule has 2 aromatic rings. The summed E-state index contributed by atoms with van der Waals surface area (Å²) in [5, 5.41) is 2.00. The van der Waals surface area contributed by atoms with E-state index < -0.39 is 0 Å². The molecular formula is C13H12BrClS. The molecule has 0 nitrogen and oxygen atoms in total. The van der Waals surface area contributed by atoms with E-state index in [1.54, 1.807) is 11.3 Å². The zero-order chi connectivity index (χ0) is 11.7. The lowest BCUT2D eigenvalue weighted by Crippen LogP contribution is -1.98. The van der Waals surface area contributed by atoms with Gasteiger partial charge in [0, 0.05) is 9.35 Å². The van der Waals surface area contributed by atoms with E-state index in [2.05, 4.69) is 53.4 Å². The molecule has 16 heavy (non-hydrogen) atoms. The maximum Gasteiger partial charge on any atom is 0.0944 e. The van der Waals surface area contributed by atoms with E-state index in [1.165, 1.54) is 21.6 Å². The van der Waals surface area contributed by atoms with Crippen LogP contribution in [0.25, 0.3) is 0 Å². The third kappa shape index (κ3) is 2.20. The summed E-state index contributed by atoms with van der Waals surface area (Å²) in [6, 6.07) is 8.34. The largest absolute Gasteiger partial charge is 0.146 e. The Labute approximate surface area is 113 Å². The normalized spacial score (nSPS) is 12.8. The van der Waals surface area contributed by atoms with Crippen molar-refractivity contribution in [3.8, 4) is 0 Å². The second-order valence-corrected chi connectivity index (χ2v) is 6.04. The van der Waals surface area contributed by atoms with Gasteiger partial charge in [0.1, 0.15) is 0 Å². The van der Waals surface area contributed by atoms with Crippen LogP contribution in [-0.2, 0) is 0 Å². The molecule has 0 aliphatic carbocycles. The van der Waals surface area contributed by atoms with E-state index >= 15 is 0 Å². The fourth-order valence-corrected chi connectivity index (χ4v) is 4.18. The van der Waals surface area contributed by atoms with Crippen LogP contribution in [0, 0.1) is 13.8 Å². The molecule has 1 atom stereocenters. The SMILES string of the molecule is Cc1cccc(C)c1C(Cl)c1sccc1Br. The molecule has 1 aromatic carbocycles. The first-order valence-electron chi connectivity index (χ1n) is 5.04. The molecule has 1 heterocycles. The highest BCUT2D eigenvalue weighted by molar-refractivity contribution is 9.10. The summed E-state index contributed by atoms with van der Waals surface area (Å²) in [4.78, 5) is 1.18. The molecule has 0 fully saturated rings. The van der Waals surface area contributed by atoms with Crippen molar-refractivity contribution in [3.05, 3.63) is 55.7 Å². The summed E-state index contributed by atoms with van der Waals surface area (Å²) in [7, 11) is 0. The Morgan fingerprint density at radius 3 is 2.31 bits per heavy atom. The van der Waals surface area contributed by atoms with E-state index in [0.29, 0.717) is 0 Å². The molecule has 0 radical (unpaired) electrons. The van der Waals surface area contributed by atoms with E-state index in [4.69, 9.17) is 11.6 Å². The molecule has 0 amide bonds. The van der Waals surface area contributed by atoms with Crippen molar-refractivity contribution in [2.75, 3.05) is 0 Å². The highest BCUT2D eigenvalue weighted by atomic mass is 79.9. The van der Waals surface area contributed by atoms with Gasteiger partial charge in [0.25, 0.3) is 0 Å². The van der Waals surface area contributed by atoms with Crippen molar-refractivity contribution in [1.29, 1.82) is 0 Å². The number of hydrogen-bond donors (Lipinski definition) is 0. The summed E-state index contributed by atoms with van der Waals surface area (Å²) in [5.74, 6) is 0. The van der Waals surface area contributed by atoms with Crippen LogP contribution < -0.4 is 0 Å². The number of hydrogen-bond acceptors (Lipinski definition) is 1. The maximum atomic E-state index is 6.57. The molecular weight excluding hydrogens is 304 g/mol. The van der Waals surface area contributed by atoms with Gasteiger partial charge in [-0.3, -0.25) is 0 Å². The summed E-state index contributed by atoms with van der Waals surface area (Å²) in [5.41, 5.74) is 3.73. The first-order chi connectivity index (χ1) is 7.61. The predicted octanol–water partition coefficient (Wildman–Crippen LogP) is 5.46. The molecule has 0 bridgehead atoms. The number of aryl methyl sites for hydroxylation is 2. The maximum absolute atomic E-state index is 6.57. The molecule has 84 valence electrons. The van der Waals surface area contributed by atoms with Gasteiger partial charge in [0.2, 0.25) is 0 Å². The Kier molecular flexibility index (Phi) is 3.73. The van der Waals surface area contributed by atoms with Crippen LogP contribution in [0.5, 0.6) is 0 Å². The van der Waals surface area contributed by atoms with E-state index in [9.17, 15) is 0 Å². The van der Waals surface area contributed by atoms with Crippen LogP contribution in [0.2, 0.25) is 0 Å². The number of benzene rings is 1. The molecule has 1 aromatic heterocycles. The third-order valence-electron chi connectivity index (χ3n) is 2.67. The van der Waals surface area contributed by atoms with Crippen LogP contribution in [0.1, 0.15) is 26.9 Å². The summed E-state index contributed by atoms with van der Waals surface area (Å²) in [6.45, 7) is 4.22. The Hall–Kier alpha value is -0.310. The molecule has 3 heteroatoms. The van der Waals surface area contributed by atoms with Gasteiger partial charge in [-0.15, -0.1) is 22.9 Å². The van der Waals surface area contributed by atoms with Gasteiger partial charge in [-0.05, 0) is 57.9 Å². The molecule has 0 spiro atoms. The molecule has 0 aliphatic rings. The Bertz CT molecular complexity index is 484. The molecule has 1 unspecified atom stereocenters. The number of alkyl halides is 1. The monoisotopic (exact) mass is 314 g/mol. The van der Waals surface area contributed by atoms with Gasteiger partial charge >= 0.3 is 0 Å². The second kappa shape index (κ2) is 4.91. The predicted molar refractivity (Wildman–Crippen MR) is 75.6 cm³/mol. The zero-order valence-corrected chi connectivity index (χ0v) is 12.3. The van der Waals surface area contributed by atoms with Crippen LogP contribution in [0.4, 0.5) is 0 Å². The van der Waals surface area contributed by atoms with E-state index in [1.807, 2.05) is 6.07 Å². The average Bonchev–Trinajstić information content (AvgIpc) is 2.64. The lowest BCUT2D eigenvalue weighted by molar-refractivity contribution is 1.10. The molecule has 0 N–H and O–H groups in total. The highest BCUT2D eigenvalue weighted by Crippen LogP contribution is 2.39. The van der Waals surface area contributed by atoms with Gasteiger partial charge in [0.15, 0.2) is 0 Å². The van der Waals surface area contributed by atoms with Crippen molar-refractivity contribution in [2.45, 2.75) is 19.2 Å². The molecule has 0 saturated heterocycles. The van der Waals surface area contributed by atoms with Crippen LogP contribution >= 0.6 is 38.9 Å². The lowest BCUT2D eigenvalue weighted by atomic mass is 9.99. The Balaban J connectivity index is 2.49. The number of rotatable bonds is 2. The number of halogens is 2. The second-order valence-electron chi connectivity index (χ2n) is 3.80. The fraction of sp³-hybridized carbons (Fsp3) is 0.231. The molecule has 2 rings (SSSR count). The summed E-state index contributed by atoms with van der Waals surface area (Å²) >= 11 is 11.8. The van der Waals surface area contributed by atoms with E-state index in [0.717, 1.165) is 4.47 Å². The van der Waals surface area contributed by atoms with Crippen LogP contribution in [0.3, 0.4) is 0 Å². The van der Waals surface area contributed by atoms with Crippen molar-refractivity contribution in [1.82, 2.24) is 0 Å². The fourth-order valence-electron chi connectivity index (χ4n) is 1.84. The Morgan fingerprint density at radius 2 is 1.81 bits per heavy atom. The molecule has 0 aliphatic heterocycles. The highest BCUT2D eigenvalue weighted by Gasteiger charge is 2.18. The van der Waals surface area contributed by atoms with Crippen molar-refractivity contribution >= 4 is 38.9 Å². The first kappa shape index (κ1) is 12.2. The van der Waals surface area contributed by atoms with E-state index in [-0.39, 0.29) is 5.38 Å². The first-order valence-corrected chi connectivity index (χ1v) is 7.15. The van der Waals surface area contributed by atoms with Crippen LogP contribution in [0.15, 0.2) is 34.1 Å². The topological polar surface area (TPSA) is 0 Å². The third-order valence-corrected chi connectivity index (χ3v) is 5.17.